The van der Waals surface area contributed by atoms with Crippen LogP contribution in [0.15, 0.2) is 55.0 Å². The Morgan fingerprint density at radius 1 is 0.966 bits per heavy atom. The molecule has 0 bridgehead atoms. The number of fused-ring (bicyclic) bond motifs is 1. The molecular weight excluding hydrogens is 368 g/mol. The third-order valence-electron chi connectivity index (χ3n) is 5.26. The van der Waals surface area contributed by atoms with Crippen molar-refractivity contribution >= 4 is 11.0 Å². The molecule has 0 aliphatic carbocycles. The van der Waals surface area contributed by atoms with Crippen LogP contribution in [0.2, 0.25) is 0 Å². The van der Waals surface area contributed by atoms with Crippen molar-refractivity contribution < 1.29 is 14.2 Å². The van der Waals surface area contributed by atoms with Crippen molar-refractivity contribution in [3.05, 3.63) is 66.1 Å². The number of hydrogen-bond donors (Lipinski definition) is 0. The van der Waals surface area contributed by atoms with E-state index in [1.165, 1.54) is 0 Å². The topological polar surface area (TPSA) is 74.6 Å². The molecule has 0 spiro atoms. The van der Waals surface area contributed by atoms with Crippen LogP contribution in [0.5, 0.6) is 11.5 Å². The van der Waals surface area contributed by atoms with Gasteiger partial charge in [0.2, 0.25) is 0 Å². The summed E-state index contributed by atoms with van der Waals surface area (Å²) in [6.07, 6.45) is 5.48. The van der Waals surface area contributed by atoms with Gasteiger partial charge in [-0.25, -0.2) is 4.98 Å². The summed E-state index contributed by atoms with van der Waals surface area (Å²) in [6.45, 7) is 0.588. The fourth-order valence-electron chi connectivity index (χ4n) is 3.57. The Bertz CT molecular complexity index is 1190. The minimum Gasteiger partial charge on any atom is -0.497 e. The Kier molecular flexibility index (Phi) is 3.99. The lowest BCUT2D eigenvalue weighted by molar-refractivity contribution is 0.344. The minimum atomic E-state index is -0.526. The van der Waals surface area contributed by atoms with Crippen molar-refractivity contribution in [1.29, 1.82) is 0 Å². The highest BCUT2D eigenvalue weighted by Gasteiger charge is 2.49. The SMILES string of the molecule is COc1cc(OC)cc(C2(c3ccc4ncc(-c5cnn(C)c5)nc4c3)CO2)c1. The van der Waals surface area contributed by atoms with Crippen LogP contribution in [0.1, 0.15) is 11.1 Å². The van der Waals surface area contributed by atoms with Gasteiger partial charge in [-0.3, -0.25) is 9.67 Å². The largest absolute Gasteiger partial charge is 0.497 e. The number of aromatic nitrogens is 4. The molecule has 0 saturated carbocycles. The van der Waals surface area contributed by atoms with Crippen molar-refractivity contribution in [3.63, 3.8) is 0 Å². The summed E-state index contributed by atoms with van der Waals surface area (Å²) >= 11 is 0. The van der Waals surface area contributed by atoms with E-state index >= 15 is 0 Å². The van der Waals surface area contributed by atoms with Gasteiger partial charge in [0.05, 0.1) is 49.9 Å². The average Bonchev–Trinajstić information content (AvgIpc) is 3.47. The van der Waals surface area contributed by atoms with Crippen molar-refractivity contribution in [2.75, 3.05) is 20.8 Å². The fourth-order valence-corrected chi connectivity index (χ4v) is 3.57. The van der Waals surface area contributed by atoms with Gasteiger partial charge in [0, 0.05) is 24.9 Å². The zero-order chi connectivity index (χ0) is 20.0. The van der Waals surface area contributed by atoms with Crippen LogP contribution >= 0.6 is 0 Å². The third-order valence-corrected chi connectivity index (χ3v) is 5.26. The van der Waals surface area contributed by atoms with Gasteiger partial charge in [0.15, 0.2) is 0 Å². The maximum absolute atomic E-state index is 5.96. The molecule has 4 aromatic rings. The summed E-state index contributed by atoms with van der Waals surface area (Å²) in [5.74, 6) is 1.46. The Hall–Kier alpha value is -3.45. The van der Waals surface area contributed by atoms with Crippen LogP contribution in [0.25, 0.3) is 22.3 Å². The molecule has 0 N–H and O–H groups in total. The van der Waals surface area contributed by atoms with Gasteiger partial charge in [0.1, 0.15) is 17.1 Å². The van der Waals surface area contributed by atoms with Gasteiger partial charge in [0.25, 0.3) is 0 Å². The molecule has 0 amide bonds. The molecule has 1 fully saturated rings. The molecule has 1 aliphatic heterocycles. The molecule has 1 saturated heterocycles. The molecule has 3 heterocycles. The van der Waals surface area contributed by atoms with Crippen LogP contribution in [0, 0.1) is 0 Å². The number of methoxy groups -OCH3 is 2. The number of nitrogens with zero attached hydrogens (tertiary/aromatic N) is 4. The highest BCUT2D eigenvalue weighted by molar-refractivity contribution is 5.78. The summed E-state index contributed by atoms with van der Waals surface area (Å²) in [6, 6.07) is 11.9. The maximum Gasteiger partial charge on any atom is 0.142 e. The fraction of sp³-hybridized carbons (Fsp3) is 0.227. The number of rotatable bonds is 5. The zero-order valence-corrected chi connectivity index (χ0v) is 16.4. The Morgan fingerprint density at radius 3 is 2.34 bits per heavy atom. The zero-order valence-electron chi connectivity index (χ0n) is 16.4. The molecule has 5 rings (SSSR count). The molecule has 2 aromatic heterocycles. The first kappa shape index (κ1) is 17.6. The standard InChI is InChI=1S/C22H20N4O3/c1-26-12-14(10-24-26)21-11-23-19-5-4-15(8-20(19)25-21)22(13-29-22)16-6-17(27-2)9-18(7-16)28-3/h4-12H,13H2,1-3H3. The van der Waals surface area contributed by atoms with Gasteiger partial charge in [-0.05, 0) is 35.4 Å². The van der Waals surface area contributed by atoms with Gasteiger partial charge in [-0.2, -0.15) is 5.10 Å². The van der Waals surface area contributed by atoms with E-state index in [-0.39, 0.29) is 0 Å². The van der Waals surface area contributed by atoms with E-state index < -0.39 is 5.60 Å². The molecule has 1 atom stereocenters. The first-order chi connectivity index (χ1) is 14.1. The Balaban J connectivity index is 1.59. The lowest BCUT2D eigenvalue weighted by atomic mass is 9.91. The lowest BCUT2D eigenvalue weighted by Crippen LogP contribution is -2.11. The van der Waals surface area contributed by atoms with Crippen LogP contribution in [0.3, 0.4) is 0 Å². The third kappa shape index (κ3) is 3.00. The summed E-state index contributed by atoms with van der Waals surface area (Å²) in [4.78, 5) is 9.36. The van der Waals surface area contributed by atoms with Crippen LogP contribution in [0.4, 0.5) is 0 Å². The molecule has 7 nitrogen and oxygen atoms in total. The van der Waals surface area contributed by atoms with E-state index in [2.05, 4.69) is 10.1 Å². The quantitative estimate of drug-likeness (QED) is 0.488. The van der Waals surface area contributed by atoms with Crippen LogP contribution in [-0.4, -0.2) is 40.6 Å². The number of hydrogen-bond acceptors (Lipinski definition) is 6. The summed E-state index contributed by atoms with van der Waals surface area (Å²) in [7, 11) is 5.17. The number of aryl methyl sites for hydroxylation is 1. The second-order valence-corrected chi connectivity index (χ2v) is 7.08. The van der Waals surface area contributed by atoms with E-state index in [1.54, 1.807) is 31.3 Å². The molecule has 1 aliphatic rings. The molecule has 7 heteroatoms. The second-order valence-electron chi connectivity index (χ2n) is 7.08. The van der Waals surface area contributed by atoms with Crippen LogP contribution < -0.4 is 9.47 Å². The summed E-state index contributed by atoms with van der Waals surface area (Å²) in [5.41, 5.74) is 4.86. The van der Waals surface area contributed by atoms with E-state index in [1.807, 2.05) is 49.6 Å². The first-order valence-electron chi connectivity index (χ1n) is 9.25. The van der Waals surface area contributed by atoms with Crippen molar-refractivity contribution in [3.8, 4) is 22.8 Å². The van der Waals surface area contributed by atoms with Crippen molar-refractivity contribution in [2.24, 2.45) is 7.05 Å². The molecule has 29 heavy (non-hydrogen) atoms. The summed E-state index contributed by atoms with van der Waals surface area (Å²) in [5, 5.41) is 4.22. The van der Waals surface area contributed by atoms with Gasteiger partial charge < -0.3 is 14.2 Å². The molecule has 146 valence electrons. The van der Waals surface area contributed by atoms with E-state index in [0.717, 1.165) is 44.9 Å². The number of benzene rings is 2. The van der Waals surface area contributed by atoms with E-state index in [9.17, 15) is 0 Å². The van der Waals surface area contributed by atoms with Gasteiger partial charge in [-0.1, -0.05) is 6.07 Å². The number of ether oxygens (including phenoxy) is 3. The van der Waals surface area contributed by atoms with Crippen LogP contribution in [-0.2, 0) is 17.4 Å². The molecule has 2 aromatic carbocycles. The van der Waals surface area contributed by atoms with E-state index in [0.29, 0.717) is 6.61 Å². The second kappa shape index (κ2) is 6.56. The molecule has 1 unspecified atom stereocenters. The number of epoxide rings is 1. The average molecular weight is 388 g/mol. The highest BCUT2D eigenvalue weighted by atomic mass is 16.6. The monoisotopic (exact) mass is 388 g/mol. The first-order valence-corrected chi connectivity index (χ1v) is 9.25. The minimum absolute atomic E-state index is 0.526. The molecular formula is C22H20N4O3. The predicted octanol–water partition coefficient (Wildman–Crippen LogP) is 3.32. The molecule has 0 radical (unpaired) electrons. The predicted molar refractivity (Wildman–Crippen MR) is 108 cm³/mol. The van der Waals surface area contributed by atoms with Crippen molar-refractivity contribution in [1.82, 2.24) is 19.7 Å². The van der Waals surface area contributed by atoms with Gasteiger partial charge >= 0.3 is 0 Å². The smallest absolute Gasteiger partial charge is 0.142 e. The van der Waals surface area contributed by atoms with Gasteiger partial charge in [-0.15, -0.1) is 0 Å². The summed E-state index contributed by atoms with van der Waals surface area (Å²) < 4.78 is 18.6. The van der Waals surface area contributed by atoms with Crippen molar-refractivity contribution in [2.45, 2.75) is 5.60 Å². The van der Waals surface area contributed by atoms with E-state index in [4.69, 9.17) is 19.2 Å². The Morgan fingerprint density at radius 2 is 1.72 bits per heavy atom. The maximum atomic E-state index is 5.96. The Labute approximate surface area is 167 Å². The highest BCUT2D eigenvalue weighted by Crippen LogP contribution is 2.47. The normalized spacial score (nSPS) is 18.0. The lowest BCUT2D eigenvalue weighted by Gasteiger charge is -2.16.